The van der Waals surface area contributed by atoms with Crippen LogP contribution in [0.15, 0.2) is 18.2 Å². The number of hydrogen-bond acceptors (Lipinski definition) is 3. The van der Waals surface area contributed by atoms with Gasteiger partial charge in [-0.3, -0.25) is 10.1 Å². The Bertz CT molecular complexity index is 465. The van der Waals surface area contributed by atoms with E-state index in [-0.39, 0.29) is 16.5 Å². The first-order chi connectivity index (χ1) is 9.15. The molecular weight excluding hydrogens is 264 g/mol. The van der Waals surface area contributed by atoms with Gasteiger partial charge in [0.1, 0.15) is 0 Å². The molecule has 0 aromatic heterocycles. The van der Waals surface area contributed by atoms with E-state index in [1.807, 2.05) is 12.1 Å². The Morgan fingerprint density at radius 1 is 1.53 bits per heavy atom. The van der Waals surface area contributed by atoms with Crippen LogP contribution in [0.5, 0.6) is 0 Å². The Balaban J connectivity index is 2.23. The summed E-state index contributed by atoms with van der Waals surface area (Å²) >= 11 is 5.82. The summed E-state index contributed by atoms with van der Waals surface area (Å²) in [6.45, 7) is 4.28. The third-order valence-corrected chi connectivity index (χ3v) is 4.15. The van der Waals surface area contributed by atoms with Gasteiger partial charge in [-0.1, -0.05) is 13.3 Å². The molecule has 0 bridgehead atoms. The fourth-order valence-electron chi connectivity index (χ4n) is 2.69. The minimum Gasteiger partial charge on any atom is -0.371 e. The summed E-state index contributed by atoms with van der Waals surface area (Å²) < 4.78 is 0. The van der Waals surface area contributed by atoms with E-state index in [4.69, 9.17) is 11.6 Å². The second-order valence-electron chi connectivity index (χ2n) is 5.07. The lowest BCUT2D eigenvalue weighted by atomic mass is 9.95. The van der Waals surface area contributed by atoms with E-state index in [2.05, 4.69) is 11.8 Å². The van der Waals surface area contributed by atoms with Gasteiger partial charge in [0.2, 0.25) is 0 Å². The summed E-state index contributed by atoms with van der Waals surface area (Å²) in [6, 6.07) is 5.28. The highest BCUT2D eigenvalue weighted by molar-refractivity contribution is 6.17. The monoisotopic (exact) mass is 282 g/mol. The Morgan fingerprint density at radius 3 is 2.95 bits per heavy atom. The van der Waals surface area contributed by atoms with Gasteiger partial charge in [0.25, 0.3) is 5.69 Å². The van der Waals surface area contributed by atoms with Crippen LogP contribution in [0.25, 0.3) is 0 Å². The highest BCUT2D eigenvalue weighted by atomic mass is 35.5. The Kier molecular flexibility index (Phi) is 4.64. The quantitative estimate of drug-likeness (QED) is 0.477. The summed E-state index contributed by atoms with van der Waals surface area (Å²) in [5.74, 6) is 0.901. The van der Waals surface area contributed by atoms with Crippen LogP contribution in [0.2, 0.25) is 0 Å². The number of hydrogen-bond donors (Lipinski definition) is 0. The maximum absolute atomic E-state index is 10.9. The van der Waals surface area contributed by atoms with Gasteiger partial charge in [0.15, 0.2) is 0 Å². The van der Waals surface area contributed by atoms with Crippen molar-refractivity contribution in [3.63, 3.8) is 0 Å². The lowest BCUT2D eigenvalue weighted by Gasteiger charge is -2.34. The number of halogens is 1. The fraction of sp³-hybridized carbons (Fsp3) is 0.571. The molecule has 0 radical (unpaired) electrons. The average molecular weight is 283 g/mol. The highest BCUT2D eigenvalue weighted by Gasteiger charge is 2.21. The first-order valence-electron chi connectivity index (χ1n) is 6.74. The standard InChI is InChI=1S/C14H19ClN2O2/c1-2-11-4-3-7-16(10-11)13-5-6-14(17(18)19)12(8-13)9-15/h5-6,8,11H,2-4,7,9-10H2,1H3. The van der Waals surface area contributed by atoms with Crippen molar-refractivity contribution in [2.75, 3.05) is 18.0 Å². The van der Waals surface area contributed by atoms with Gasteiger partial charge in [-0.05, 0) is 30.9 Å². The molecule has 1 atom stereocenters. The molecule has 1 saturated heterocycles. The number of anilines is 1. The smallest absolute Gasteiger partial charge is 0.273 e. The number of piperidine rings is 1. The molecule has 0 aliphatic carbocycles. The van der Waals surface area contributed by atoms with Crippen molar-refractivity contribution in [3.8, 4) is 0 Å². The van der Waals surface area contributed by atoms with Crippen molar-refractivity contribution in [2.24, 2.45) is 5.92 Å². The van der Waals surface area contributed by atoms with E-state index in [0.29, 0.717) is 5.56 Å². The highest BCUT2D eigenvalue weighted by Crippen LogP contribution is 2.29. The molecule has 0 N–H and O–H groups in total. The van der Waals surface area contributed by atoms with Crippen molar-refractivity contribution in [1.82, 2.24) is 0 Å². The summed E-state index contributed by atoms with van der Waals surface area (Å²) in [5.41, 5.74) is 1.77. The van der Waals surface area contributed by atoms with Crippen molar-refractivity contribution >= 4 is 23.0 Å². The van der Waals surface area contributed by atoms with Crippen LogP contribution in [0.4, 0.5) is 11.4 Å². The summed E-state index contributed by atoms with van der Waals surface area (Å²) in [5, 5.41) is 10.9. The first kappa shape index (κ1) is 14.1. The SMILES string of the molecule is CCC1CCCN(c2ccc([N+](=O)[O-])c(CCl)c2)C1. The lowest BCUT2D eigenvalue weighted by Crippen LogP contribution is -2.35. The van der Waals surface area contributed by atoms with Crippen LogP contribution >= 0.6 is 11.6 Å². The Morgan fingerprint density at radius 2 is 2.32 bits per heavy atom. The lowest BCUT2D eigenvalue weighted by molar-refractivity contribution is -0.385. The number of rotatable bonds is 4. The predicted molar refractivity (Wildman–Crippen MR) is 77.9 cm³/mol. The molecule has 4 nitrogen and oxygen atoms in total. The zero-order valence-corrected chi connectivity index (χ0v) is 11.9. The molecule has 1 aromatic carbocycles. The zero-order valence-electron chi connectivity index (χ0n) is 11.1. The van der Waals surface area contributed by atoms with Crippen molar-refractivity contribution in [3.05, 3.63) is 33.9 Å². The van der Waals surface area contributed by atoms with E-state index in [0.717, 1.165) is 24.7 Å². The second-order valence-corrected chi connectivity index (χ2v) is 5.33. The summed E-state index contributed by atoms with van der Waals surface area (Å²) in [4.78, 5) is 12.8. The van der Waals surface area contributed by atoms with Crippen LogP contribution in [-0.2, 0) is 5.88 Å². The second kappa shape index (κ2) is 6.24. The molecule has 1 fully saturated rings. The number of nitro groups is 1. The van der Waals surface area contributed by atoms with E-state index in [1.54, 1.807) is 6.07 Å². The van der Waals surface area contributed by atoms with Gasteiger partial charge >= 0.3 is 0 Å². The Labute approximate surface area is 118 Å². The van der Waals surface area contributed by atoms with Gasteiger partial charge in [-0.2, -0.15) is 0 Å². The third kappa shape index (κ3) is 3.18. The molecule has 0 amide bonds. The van der Waals surface area contributed by atoms with E-state index >= 15 is 0 Å². The minimum atomic E-state index is -0.369. The molecule has 5 heteroatoms. The molecule has 1 aromatic rings. The molecule has 1 aliphatic rings. The van der Waals surface area contributed by atoms with E-state index in [9.17, 15) is 10.1 Å². The molecule has 1 aliphatic heterocycles. The Hall–Kier alpha value is -1.29. The summed E-state index contributed by atoms with van der Waals surface area (Å²) in [7, 11) is 0. The van der Waals surface area contributed by atoms with Crippen LogP contribution in [-0.4, -0.2) is 18.0 Å². The summed E-state index contributed by atoms with van der Waals surface area (Å²) in [6.07, 6.45) is 3.65. The van der Waals surface area contributed by atoms with Crippen LogP contribution in [0.1, 0.15) is 31.7 Å². The van der Waals surface area contributed by atoms with Crippen LogP contribution in [0.3, 0.4) is 0 Å². The average Bonchev–Trinajstić information content (AvgIpc) is 2.46. The largest absolute Gasteiger partial charge is 0.371 e. The van der Waals surface area contributed by atoms with Crippen molar-refractivity contribution in [1.29, 1.82) is 0 Å². The molecular formula is C14H19ClN2O2. The third-order valence-electron chi connectivity index (χ3n) is 3.87. The number of nitro benzene ring substituents is 1. The maximum atomic E-state index is 10.9. The molecule has 0 spiro atoms. The molecule has 0 saturated carbocycles. The predicted octanol–water partition coefficient (Wildman–Crippen LogP) is 3.96. The van der Waals surface area contributed by atoms with Gasteiger partial charge in [0, 0.05) is 30.4 Å². The maximum Gasteiger partial charge on any atom is 0.273 e. The first-order valence-corrected chi connectivity index (χ1v) is 7.27. The molecule has 19 heavy (non-hydrogen) atoms. The fourth-order valence-corrected chi connectivity index (χ4v) is 2.90. The minimum absolute atomic E-state index is 0.114. The van der Waals surface area contributed by atoms with Gasteiger partial charge < -0.3 is 4.90 Å². The molecule has 2 rings (SSSR count). The van der Waals surface area contributed by atoms with Gasteiger partial charge in [-0.15, -0.1) is 11.6 Å². The molecule has 1 heterocycles. The van der Waals surface area contributed by atoms with E-state index < -0.39 is 0 Å². The number of benzene rings is 1. The number of nitrogens with zero attached hydrogens (tertiary/aromatic N) is 2. The van der Waals surface area contributed by atoms with Crippen molar-refractivity contribution < 1.29 is 4.92 Å². The normalized spacial score (nSPS) is 19.5. The number of alkyl halides is 1. The molecule has 1 unspecified atom stereocenters. The van der Waals surface area contributed by atoms with Gasteiger partial charge in [-0.25, -0.2) is 0 Å². The zero-order chi connectivity index (χ0) is 13.8. The van der Waals surface area contributed by atoms with Crippen LogP contribution in [0, 0.1) is 16.0 Å². The molecule has 104 valence electrons. The topological polar surface area (TPSA) is 46.4 Å². The van der Waals surface area contributed by atoms with Gasteiger partial charge in [0.05, 0.1) is 10.8 Å². The van der Waals surface area contributed by atoms with Crippen LogP contribution < -0.4 is 4.90 Å². The van der Waals surface area contributed by atoms with E-state index in [1.165, 1.54) is 19.3 Å². The van der Waals surface area contributed by atoms with Crippen molar-refractivity contribution in [2.45, 2.75) is 32.1 Å².